The van der Waals surface area contributed by atoms with Crippen molar-refractivity contribution in [3.05, 3.63) is 57.5 Å². The highest BCUT2D eigenvalue weighted by Gasteiger charge is 2.24. The largest absolute Gasteiger partial charge is 0.314 e. The molecule has 2 aromatic rings. The molecule has 1 aromatic heterocycles. The Bertz CT molecular complexity index is 581. The van der Waals surface area contributed by atoms with Crippen molar-refractivity contribution in [3.8, 4) is 0 Å². The number of hydrogen-bond acceptors (Lipinski definition) is 3. The van der Waals surface area contributed by atoms with Crippen LogP contribution in [-0.4, -0.2) is 24.5 Å². The minimum absolute atomic E-state index is 0.153. The fraction of sp³-hybridized carbons (Fsp3) is 0.375. The highest BCUT2D eigenvalue weighted by molar-refractivity contribution is 7.11. The Hall–Kier alpha value is -1.23. The first-order valence-corrected chi connectivity index (χ1v) is 7.79. The van der Waals surface area contributed by atoms with E-state index in [-0.39, 0.29) is 11.9 Å². The van der Waals surface area contributed by atoms with Crippen molar-refractivity contribution in [3.63, 3.8) is 0 Å². The van der Waals surface area contributed by atoms with Gasteiger partial charge in [-0.15, -0.1) is 11.3 Å². The van der Waals surface area contributed by atoms with Gasteiger partial charge in [-0.25, -0.2) is 4.39 Å². The second kappa shape index (κ2) is 6.04. The molecule has 1 saturated heterocycles. The minimum Gasteiger partial charge on any atom is -0.314 e. The number of nitrogens with one attached hydrogen (secondary N) is 1. The van der Waals surface area contributed by atoms with E-state index in [2.05, 4.69) is 29.3 Å². The average molecular weight is 290 g/mol. The quantitative estimate of drug-likeness (QED) is 0.932. The maximum absolute atomic E-state index is 13.4. The van der Waals surface area contributed by atoms with E-state index in [1.165, 1.54) is 15.8 Å². The molecule has 20 heavy (non-hydrogen) atoms. The van der Waals surface area contributed by atoms with Gasteiger partial charge in [0.05, 0.1) is 0 Å². The summed E-state index contributed by atoms with van der Waals surface area (Å²) in [7, 11) is 0. The predicted octanol–water partition coefficient (Wildman–Crippen LogP) is 3.34. The van der Waals surface area contributed by atoms with Crippen LogP contribution in [0.2, 0.25) is 0 Å². The third-order valence-corrected chi connectivity index (χ3v) is 4.73. The molecule has 1 N–H and O–H groups in total. The number of benzene rings is 1. The van der Waals surface area contributed by atoms with Crippen LogP contribution < -0.4 is 5.32 Å². The van der Waals surface area contributed by atoms with E-state index in [1.807, 2.05) is 17.4 Å². The maximum atomic E-state index is 13.4. The van der Waals surface area contributed by atoms with Crippen molar-refractivity contribution >= 4 is 11.3 Å². The lowest BCUT2D eigenvalue weighted by Crippen LogP contribution is -2.45. The van der Waals surface area contributed by atoms with Gasteiger partial charge in [-0.05, 0) is 36.8 Å². The molecule has 1 unspecified atom stereocenters. The van der Waals surface area contributed by atoms with E-state index in [0.29, 0.717) is 0 Å². The van der Waals surface area contributed by atoms with Gasteiger partial charge in [0.1, 0.15) is 5.82 Å². The Balaban J connectivity index is 1.80. The van der Waals surface area contributed by atoms with Gasteiger partial charge in [0, 0.05) is 42.0 Å². The Labute approximate surface area is 123 Å². The number of piperazine rings is 1. The van der Waals surface area contributed by atoms with Crippen LogP contribution in [0.4, 0.5) is 4.39 Å². The van der Waals surface area contributed by atoms with Crippen LogP contribution in [0.5, 0.6) is 0 Å². The van der Waals surface area contributed by atoms with Gasteiger partial charge in [0.15, 0.2) is 0 Å². The average Bonchev–Trinajstić information content (AvgIpc) is 2.85. The smallest absolute Gasteiger partial charge is 0.123 e. The van der Waals surface area contributed by atoms with Crippen molar-refractivity contribution in [1.82, 2.24) is 10.2 Å². The summed E-state index contributed by atoms with van der Waals surface area (Å²) in [5.41, 5.74) is 1.06. The SMILES string of the molecule is Cc1ccc(CN2CCNCC2c2cccc(F)c2)s1. The molecule has 0 amide bonds. The molecule has 4 heteroatoms. The summed E-state index contributed by atoms with van der Waals surface area (Å²) in [5, 5.41) is 3.41. The standard InChI is InChI=1S/C16H19FN2S/c1-12-5-6-15(20-12)11-19-8-7-18-10-16(19)13-3-2-4-14(17)9-13/h2-6,9,16,18H,7-8,10-11H2,1H3. The van der Waals surface area contributed by atoms with Gasteiger partial charge in [0.25, 0.3) is 0 Å². The van der Waals surface area contributed by atoms with Crippen LogP contribution in [0.1, 0.15) is 21.4 Å². The number of halogens is 1. The molecule has 0 saturated carbocycles. The molecule has 2 heterocycles. The molecular formula is C16H19FN2S. The van der Waals surface area contributed by atoms with Gasteiger partial charge in [-0.2, -0.15) is 0 Å². The molecule has 0 aliphatic carbocycles. The van der Waals surface area contributed by atoms with E-state index in [1.54, 1.807) is 12.1 Å². The van der Waals surface area contributed by atoms with Gasteiger partial charge < -0.3 is 5.32 Å². The highest BCUT2D eigenvalue weighted by atomic mass is 32.1. The summed E-state index contributed by atoms with van der Waals surface area (Å²) in [5.74, 6) is -0.153. The minimum atomic E-state index is -0.153. The van der Waals surface area contributed by atoms with Crippen LogP contribution in [0.3, 0.4) is 0 Å². The first-order chi connectivity index (χ1) is 9.72. The molecule has 0 bridgehead atoms. The highest BCUT2D eigenvalue weighted by Crippen LogP contribution is 2.26. The molecule has 1 aliphatic heterocycles. The lowest BCUT2D eigenvalue weighted by molar-refractivity contribution is 0.155. The van der Waals surface area contributed by atoms with E-state index in [0.717, 1.165) is 31.7 Å². The van der Waals surface area contributed by atoms with Crippen molar-refractivity contribution in [2.45, 2.75) is 19.5 Å². The van der Waals surface area contributed by atoms with E-state index < -0.39 is 0 Å². The maximum Gasteiger partial charge on any atom is 0.123 e. The molecule has 1 atom stereocenters. The van der Waals surface area contributed by atoms with Gasteiger partial charge >= 0.3 is 0 Å². The van der Waals surface area contributed by atoms with Crippen molar-refractivity contribution in [2.75, 3.05) is 19.6 Å². The first kappa shape index (κ1) is 13.7. The van der Waals surface area contributed by atoms with Crippen molar-refractivity contribution in [1.29, 1.82) is 0 Å². The topological polar surface area (TPSA) is 15.3 Å². The summed E-state index contributed by atoms with van der Waals surface area (Å²) < 4.78 is 13.4. The normalized spacial score (nSPS) is 20.2. The Morgan fingerprint density at radius 2 is 2.25 bits per heavy atom. The predicted molar refractivity (Wildman–Crippen MR) is 81.5 cm³/mol. The second-order valence-electron chi connectivity index (χ2n) is 5.26. The number of thiophene rings is 1. The summed E-state index contributed by atoms with van der Waals surface area (Å²) >= 11 is 1.85. The Morgan fingerprint density at radius 3 is 3.00 bits per heavy atom. The van der Waals surface area contributed by atoms with E-state index >= 15 is 0 Å². The summed E-state index contributed by atoms with van der Waals surface area (Å²) in [6.45, 7) is 5.96. The zero-order chi connectivity index (χ0) is 13.9. The molecule has 1 fully saturated rings. The lowest BCUT2D eigenvalue weighted by Gasteiger charge is -2.36. The second-order valence-corrected chi connectivity index (χ2v) is 6.63. The van der Waals surface area contributed by atoms with Crippen LogP contribution in [0.25, 0.3) is 0 Å². The third kappa shape index (κ3) is 3.08. The van der Waals surface area contributed by atoms with E-state index in [4.69, 9.17) is 0 Å². The van der Waals surface area contributed by atoms with E-state index in [9.17, 15) is 4.39 Å². The zero-order valence-corrected chi connectivity index (χ0v) is 12.4. The molecule has 1 aromatic carbocycles. The van der Waals surface area contributed by atoms with Crippen molar-refractivity contribution in [2.24, 2.45) is 0 Å². The molecule has 0 radical (unpaired) electrons. The van der Waals surface area contributed by atoms with Gasteiger partial charge in [-0.3, -0.25) is 4.90 Å². The molecule has 0 spiro atoms. The third-order valence-electron chi connectivity index (χ3n) is 3.74. The van der Waals surface area contributed by atoms with Crippen LogP contribution in [0.15, 0.2) is 36.4 Å². The monoisotopic (exact) mass is 290 g/mol. The van der Waals surface area contributed by atoms with Crippen LogP contribution >= 0.6 is 11.3 Å². The number of rotatable bonds is 3. The van der Waals surface area contributed by atoms with Crippen molar-refractivity contribution < 1.29 is 4.39 Å². The Morgan fingerprint density at radius 1 is 1.35 bits per heavy atom. The fourth-order valence-corrected chi connectivity index (χ4v) is 3.66. The lowest BCUT2D eigenvalue weighted by atomic mass is 10.0. The summed E-state index contributed by atoms with van der Waals surface area (Å²) in [6.07, 6.45) is 0. The van der Waals surface area contributed by atoms with Gasteiger partial charge in [0.2, 0.25) is 0 Å². The molecule has 1 aliphatic rings. The first-order valence-electron chi connectivity index (χ1n) is 6.98. The number of nitrogens with zero attached hydrogens (tertiary/aromatic N) is 1. The molecule has 106 valence electrons. The summed E-state index contributed by atoms with van der Waals surface area (Å²) in [4.78, 5) is 5.17. The fourth-order valence-electron chi connectivity index (χ4n) is 2.75. The number of aryl methyl sites for hydroxylation is 1. The van der Waals surface area contributed by atoms with Crippen LogP contribution in [-0.2, 0) is 6.54 Å². The zero-order valence-electron chi connectivity index (χ0n) is 11.6. The molecule has 2 nitrogen and oxygen atoms in total. The molecule has 3 rings (SSSR count). The van der Waals surface area contributed by atoms with Crippen LogP contribution in [0, 0.1) is 12.7 Å². The number of hydrogen-bond donors (Lipinski definition) is 1. The van der Waals surface area contributed by atoms with Gasteiger partial charge in [-0.1, -0.05) is 12.1 Å². The Kier molecular flexibility index (Phi) is 4.15. The summed E-state index contributed by atoms with van der Waals surface area (Å²) in [6, 6.07) is 11.6. The molecular weight excluding hydrogens is 271 g/mol.